The molecule has 0 saturated heterocycles. The van der Waals surface area contributed by atoms with Crippen LogP contribution < -0.4 is 5.32 Å². The van der Waals surface area contributed by atoms with Gasteiger partial charge in [-0.1, -0.05) is 12.8 Å². The van der Waals surface area contributed by atoms with Gasteiger partial charge in [-0.25, -0.2) is 0 Å². The standard InChI is InChI=1S/C13H24N4/c1-13(2,3)14-9-8-12-16-15-10-17(12)11-6-4-5-7-11/h10-11,14H,4-9H2,1-3H3. The minimum Gasteiger partial charge on any atom is -0.314 e. The highest BCUT2D eigenvalue weighted by atomic mass is 15.3. The summed E-state index contributed by atoms with van der Waals surface area (Å²) in [5.74, 6) is 1.13. The monoisotopic (exact) mass is 236 g/mol. The maximum Gasteiger partial charge on any atom is 0.134 e. The highest BCUT2D eigenvalue weighted by molar-refractivity contribution is 4.92. The summed E-state index contributed by atoms with van der Waals surface area (Å²) < 4.78 is 2.29. The molecule has 1 aliphatic carbocycles. The van der Waals surface area contributed by atoms with E-state index in [1.165, 1.54) is 25.7 Å². The fourth-order valence-electron chi connectivity index (χ4n) is 2.48. The van der Waals surface area contributed by atoms with Gasteiger partial charge in [-0.15, -0.1) is 10.2 Å². The third-order valence-electron chi connectivity index (χ3n) is 3.37. The van der Waals surface area contributed by atoms with Gasteiger partial charge in [-0.3, -0.25) is 0 Å². The summed E-state index contributed by atoms with van der Waals surface area (Å²) >= 11 is 0. The number of nitrogens with zero attached hydrogens (tertiary/aromatic N) is 3. The van der Waals surface area contributed by atoms with Crippen LogP contribution in [0.5, 0.6) is 0 Å². The van der Waals surface area contributed by atoms with Crippen LogP contribution in [0.3, 0.4) is 0 Å². The molecule has 0 atom stereocenters. The average Bonchev–Trinajstić information content (AvgIpc) is 2.82. The second-order valence-electron chi connectivity index (χ2n) is 6.02. The van der Waals surface area contributed by atoms with Gasteiger partial charge in [-0.2, -0.15) is 0 Å². The molecule has 1 heterocycles. The molecule has 1 aliphatic rings. The molecule has 96 valence electrons. The van der Waals surface area contributed by atoms with Crippen LogP contribution in [0.1, 0.15) is 58.3 Å². The topological polar surface area (TPSA) is 42.7 Å². The summed E-state index contributed by atoms with van der Waals surface area (Å²) in [5, 5.41) is 11.8. The Balaban J connectivity index is 1.90. The Morgan fingerprint density at radius 1 is 1.35 bits per heavy atom. The molecule has 1 fully saturated rings. The molecule has 0 bridgehead atoms. The van der Waals surface area contributed by atoms with Crippen molar-refractivity contribution in [1.82, 2.24) is 20.1 Å². The molecule has 0 unspecified atom stereocenters. The van der Waals surface area contributed by atoms with Crippen molar-refractivity contribution in [2.75, 3.05) is 6.54 Å². The van der Waals surface area contributed by atoms with E-state index < -0.39 is 0 Å². The van der Waals surface area contributed by atoms with Crippen molar-refractivity contribution >= 4 is 0 Å². The zero-order chi connectivity index (χ0) is 12.3. The fraction of sp³-hybridized carbons (Fsp3) is 0.846. The van der Waals surface area contributed by atoms with Crippen molar-refractivity contribution in [1.29, 1.82) is 0 Å². The van der Waals surface area contributed by atoms with Crippen molar-refractivity contribution < 1.29 is 0 Å². The summed E-state index contributed by atoms with van der Waals surface area (Å²) in [6.45, 7) is 7.53. The molecule has 4 nitrogen and oxygen atoms in total. The number of hydrogen-bond acceptors (Lipinski definition) is 3. The van der Waals surface area contributed by atoms with Gasteiger partial charge in [0.15, 0.2) is 0 Å². The maximum atomic E-state index is 4.25. The van der Waals surface area contributed by atoms with Crippen LogP contribution in [0.15, 0.2) is 6.33 Å². The van der Waals surface area contributed by atoms with Crippen LogP contribution in [0.4, 0.5) is 0 Å². The molecule has 4 heteroatoms. The van der Waals surface area contributed by atoms with E-state index in [1.807, 2.05) is 6.33 Å². The third kappa shape index (κ3) is 3.53. The smallest absolute Gasteiger partial charge is 0.134 e. The first-order valence-corrected chi connectivity index (χ1v) is 6.70. The van der Waals surface area contributed by atoms with E-state index in [1.54, 1.807) is 0 Å². The highest BCUT2D eigenvalue weighted by Crippen LogP contribution is 2.29. The maximum absolute atomic E-state index is 4.25. The lowest BCUT2D eigenvalue weighted by atomic mass is 10.1. The largest absolute Gasteiger partial charge is 0.314 e. The SMILES string of the molecule is CC(C)(C)NCCc1nncn1C1CCCC1. The lowest BCUT2D eigenvalue weighted by Crippen LogP contribution is -2.37. The molecule has 1 saturated carbocycles. The number of aromatic nitrogens is 3. The quantitative estimate of drug-likeness (QED) is 0.872. The van der Waals surface area contributed by atoms with Gasteiger partial charge in [0.05, 0.1) is 0 Å². The van der Waals surface area contributed by atoms with Crippen LogP contribution in [0, 0.1) is 0 Å². The van der Waals surface area contributed by atoms with Gasteiger partial charge >= 0.3 is 0 Å². The van der Waals surface area contributed by atoms with E-state index in [9.17, 15) is 0 Å². The summed E-state index contributed by atoms with van der Waals surface area (Å²) in [7, 11) is 0. The minimum absolute atomic E-state index is 0.179. The molecule has 0 spiro atoms. The van der Waals surface area contributed by atoms with Crippen molar-refractivity contribution in [2.45, 2.75) is 64.5 Å². The Bertz CT molecular complexity index is 345. The third-order valence-corrected chi connectivity index (χ3v) is 3.37. The minimum atomic E-state index is 0.179. The zero-order valence-electron chi connectivity index (χ0n) is 11.2. The molecule has 17 heavy (non-hydrogen) atoms. The molecule has 1 aromatic rings. The Morgan fingerprint density at radius 3 is 2.71 bits per heavy atom. The summed E-state index contributed by atoms with van der Waals surface area (Å²) in [5.41, 5.74) is 0.179. The second kappa shape index (κ2) is 5.17. The Hall–Kier alpha value is -0.900. The van der Waals surface area contributed by atoms with Crippen LogP contribution in [0.25, 0.3) is 0 Å². The van der Waals surface area contributed by atoms with Crippen molar-refractivity contribution in [2.24, 2.45) is 0 Å². The number of rotatable bonds is 4. The average molecular weight is 236 g/mol. The lowest BCUT2D eigenvalue weighted by molar-refractivity contribution is 0.420. The second-order valence-corrected chi connectivity index (χ2v) is 6.02. The van der Waals surface area contributed by atoms with Gasteiger partial charge < -0.3 is 9.88 Å². The van der Waals surface area contributed by atoms with Gasteiger partial charge in [0, 0.05) is 24.5 Å². The summed E-state index contributed by atoms with van der Waals surface area (Å²) in [6.07, 6.45) is 8.15. The first-order valence-electron chi connectivity index (χ1n) is 6.70. The predicted octanol–water partition coefficient (Wildman–Crippen LogP) is 2.32. The van der Waals surface area contributed by atoms with E-state index >= 15 is 0 Å². The number of nitrogens with one attached hydrogen (secondary N) is 1. The molecule has 1 aromatic heterocycles. The van der Waals surface area contributed by atoms with Gasteiger partial charge in [-0.05, 0) is 33.6 Å². The zero-order valence-corrected chi connectivity index (χ0v) is 11.2. The molecule has 2 rings (SSSR count). The van der Waals surface area contributed by atoms with Crippen LogP contribution in [-0.2, 0) is 6.42 Å². The van der Waals surface area contributed by atoms with E-state index in [2.05, 4.69) is 40.9 Å². The highest BCUT2D eigenvalue weighted by Gasteiger charge is 2.19. The van der Waals surface area contributed by atoms with Gasteiger partial charge in [0.25, 0.3) is 0 Å². The Labute approximate surface area is 104 Å². The molecule has 0 radical (unpaired) electrons. The molecular formula is C13H24N4. The molecule has 0 aliphatic heterocycles. The van der Waals surface area contributed by atoms with Crippen LogP contribution in [-0.4, -0.2) is 26.8 Å². The number of hydrogen-bond donors (Lipinski definition) is 1. The molecule has 1 N–H and O–H groups in total. The lowest BCUT2D eigenvalue weighted by Gasteiger charge is -2.20. The van der Waals surface area contributed by atoms with Crippen LogP contribution in [0.2, 0.25) is 0 Å². The molecular weight excluding hydrogens is 212 g/mol. The van der Waals surface area contributed by atoms with Crippen molar-refractivity contribution in [3.8, 4) is 0 Å². The van der Waals surface area contributed by atoms with Gasteiger partial charge in [0.2, 0.25) is 0 Å². The molecule has 0 aromatic carbocycles. The first kappa shape index (κ1) is 12.6. The normalized spacial score (nSPS) is 17.8. The molecule has 0 amide bonds. The summed E-state index contributed by atoms with van der Waals surface area (Å²) in [4.78, 5) is 0. The Kier molecular flexibility index (Phi) is 3.82. The van der Waals surface area contributed by atoms with E-state index in [4.69, 9.17) is 0 Å². The van der Waals surface area contributed by atoms with E-state index in [-0.39, 0.29) is 5.54 Å². The summed E-state index contributed by atoms with van der Waals surface area (Å²) in [6, 6.07) is 0.648. The van der Waals surface area contributed by atoms with Crippen molar-refractivity contribution in [3.63, 3.8) is 0 Å². The fourth-order valence-corrected chi connectivity index (χ4v) is 2.48. The van der Waals surface area contributed by atoms with E-state index in [0.717, 1.165) is 18.8 Å². The Morgan fingerprint density at radius 2 is 2.06 bits per heavy atom. The van der Waals surface area contributed by atoms with E-state index in [0.29, 0.717) is 6.04 Å². The predicted molar refractivity (Wildman–Crippen MR) is 69.0 cm³/mol. The van der Waals surface area contributed by atoms with Crippen molar-refractivity contribution in [3.05, 3.63) is 12.2 Å². The van der Waals surface area contributed by atoms with Crippen LogP contribution >= 0.6 is 0 Å². The van der Waals surface area contributed by atoms with Gasteiger partial charge in [0.1, 0.15) is 12.2 Å². The first-order chi connectivity index (χ1) is 8.06.